The minimum Gasteiger partial charge on any atom is -0.339 e. The van der Waals surface area contributed by atoms with Gasteiger partial charge in [-0.05, 0) is 44.4 Å². The predicted molar refractivity (Wildman–Crippen MR) is 69.5 cm³/mol. The summed E-state index contributed by atoms with van der Waals surface area (Å²) in [5.74, 6) is 1.64. The average molecular weight is 238 g/mol. The summed E-state index contributed by atoms with van der Waals surface area (Å²) in [6, 6.07) is 0.401. The monoisotopic (exact) mass is 238 g/mol. The number of nitrogens with zero attached hydrogens (tertiary/aromatic N) is 1. The summed E-state index contributed by atoms with van der Waals surface area (Å²) in [6.07, 6.45) is 4.36. The van der Waals surface area contributed by atoms with E-state index in [0.29, 0.717) is 30.3 Å². The molecule has 2 fully saturated rings. The maximum atomic E-state index is 12.7. The van der Waals surface area contributed by atoms with Crippen molar-refractivity contribution in [1.82, 2.24) is 4.90 Å². The first-order valence-electron chi connectivity index (χ1n) is 6.99. The third-order valence-electron chi connectivity index (χ3n) is 4.70. The van der Waals surface area contributed by atoms with Crippen molar-refractivity contribution < 1.29 is 4.79 Å². The molecule has 1 amide bonds. The van der Waals surface area contributed by atoms with Gasteiger partial charge in [-0.3, -0.25) is 4.79 Å². The summed E-state index contributed by atoms with van der Waals surface area (Å²) in [7, 11) is 0. The summed E-state index contributed by atoms with van der Waals surface area (Å²) in [4.78, 5) is 14.8. The molecule has 2 unspecified atom stereocenters. The highest BCUT2D eigenvalue weighted by molar-refractivity contribution is 5.84. The van der Waals surface area contributed by atoms with E-state index in [1.807, 2.05) is 0 Å². The van der Waals surface area contributed by atoms with Crippen LogP contribution in [0.15, 0.2) is 0 Å². The van der Waals surface area contributed by atoms with Crippen LogP contribution in [-0.4, -0.2) is 29.9 Å². The first kappa shape index (κ1) is 12.9. The first-order chi connectivity index (χ1) is 7.98. The molecule has 2 N–H and O–H groups in total. The normalized spacial score (nSPS) is 42.1. The highest BCUT2D eigenvalue weighted by Gasteiger charge is 2.50. The Hall–Kier alpha value is -0.570. The van der Waals surface area contributed by atoms with Crippen molar-refractivity contribution >= 4 is 5.91 Å². The van der Waals surface area contributed by atoms with Crippen molar-refractivity contribution in [3.8, 4) is 0 Å². The van der Waals surface area contributed by atoms with Crippen LogP contribution in [-0.2, 0) is 4.79 Å². The molecule has 2 rings (SSSR count). The van der Waals surface area contributed by atoms with Gasteiger partial charge in [0, 0.05) is 19.1 Å². The van der Waals surface area contributed by atoms with Crippen LogP contribution in [0.4, 0.5) is 0 Å². The Morgan fingerprint density at radius 3 is 2.41 bits per heavy atom. The second-order valence-electron chi connectivity index (χ2n) is 6.49. The van der Waals surface area contributed by atoms with Gasteiger partial charge in [-0.2, -0.15) is 0 Å². The molecule has 0 aromatic rings. The number of piperidine rings is 1. The summed E-state index contributed by atoms with van der Waals surface area (Å²) < 4.78 is 0. The van der Waals surface area contributed by atoms with Crippen LogP contribution >= 0.6 is 0 Å². The number of hydrogen-bond donors (Lipinski definition) is 1. The Labute approximate surface area is 105 Å². The molecular formula is C14H26N2O. The third kappa shape index (κ3) is 2.22. The molecule has 1 saturated carbocycles. The van der Waals surface area contributed by atoms with Gasteiger partial charge < -0.3 is 10.6 Å². The molecule has 1 saturated heterocycles. The van der Waals surface area contributed by atoms with Crippen molar-refractivity contribution in [3.63, 3.8) is 0 Å². The van der Waals surface area contributed by atoms with E-state index >= 15 is 0 Å². The van der Waals surface area contributed by atoms with Crippen molar-refractivity contribution in [1.29, 1.82) is 0 Å². The number of likely N-dealkylation sites (tertiary alicyclic amines) is 1. The second-order valence-corrected chi connectivity index (χ2v) is 6.49. The molecular weight excluding hydrogens is 212 g/mol. The number of amides is 1. The van der Waals surface area contributed by atoms with E-state index in [-0.39, 0.29) is 5.41 Å². The summed E-state index contributed by atoms with van der Waals surface area (Å²) >= 11 is 0. The molecule has 1 aliphatic carbocycles. The van der Waals surface area contributed by atoms with Crippen LogP contribution in [0.2, 0.25) is 0 Å². The molecule has 98 valence electrons. The quantitative estimate of drug-likeness (QED) is 0.800. The topological polar surface area (TPSA) is 46.3 Å². The van der Waals surface area contributed by atoms with E-state index < -0.39 is 0 Å². The smallest absolute Gasteiger partial charge is 0.230 e. The zero-order valence-electron chi connectivity index (χ0n) is 11.4. The molecule has 17 heavy (non-hydrogen) atoms. The Kier molecular flexibility index (Phi) is 3.48. The highest BCUT2D eigenvalue weighted by Crippen LogP contribution is 2.46. The lowest BCUT2D eigenvalue weighted by Gasteiger charge is -2.49. The number of carbonyl (C=O) groups is 1. The SMILES string of the molecule is CC1CCC(C)N(C(=O)C2(CN)CC(C)C2)C1. The van der Waals surface area contributed by atoms with Gasteiger partial charge in [0.2, 0.25) is 5.91 Å². The van der Waals surface area contributed by atoms with Crippen molar-refractivity contribution in [3.05, 3.63) is 0 Å². The maximum absolute atomic E-state index is 12.7. The fraction of sp³-hybridized carbons (Fsp3) is 0.929. The molecule has 2 aliphatic rings. The van der Waals surface area contributed by atoms with E-state index in [4.69, 9.17) is 5.73 Å². The van der Waals surface area contributed by atoms with Gasteiger partial charge in [-0.1, -0.05) is 13.8 Å². The Morgan fingerprint density at radius 2 is 1.88 bits per heavy atom. The lowest BCUT2D eigenvalue weighted by molar-refractivity contribution is -0.154. The minimum atomic E-state index is -0.218. The van der Waals surface area contributed by atoms with Gasteiger partial charge in [0.25, 0.3) is 0 Å². The van der Waals surface area contributed by atoms with Gasteiger partial charge in [0.1, 0.15) is 0 Å². The van der Waals surface area contributed by atoms with E-state index in [9.17, 15) is 4.79 Å². The molecule has 2 atom stereocenters. The summed E-state index contributed by atoms with van der Waals surface area (Å²) in [5, 5.41) is 0. The van der Waals surface area contributed by atoms with Crippen molar-refractivity contribution in [2.45, 2.75) is 52.5 Å². The fourth-order valence-corrected chi connectivity index (χ4v) is 3.58. The van der Waals surface area contributed by atoms with Gasteiger partial charge >= 0.3 is 0 Å². The molecule has 0 radical (unpaired) electrons. The number of carbonyl (C=O) groups excluding carboxylic acids is 1. The summed E-state index contributed by atoms with van der Waals surface area (Å²) in [5.41, 5.74) is 5.65. The van der Waals surface area contributed by atoms with Gasteiger partial charge in [0.15, 0.2) is 0 Å². The molecule has 0 bridgehead atoms. The van der Waals surface area contributed by atoms with Gasteiger partial charge in [-0.25, -0.2) is 0 Å². The fourth-order valence-electron chi connectivity index (χ4n) is 3.58. The molecule has 3 heteroatoms. The standard InChI is InChI=1S/C14H26N2O/c1-10-4-5-12(3)16(8-10)13(17)14(9-15)6-11(2)7-14/h10-12H,4-9,15H2,1-3H3. The molecule has 3 nitrogen and oxygen atoms in total. The highest BCUT2D eigenvalue weighted by atomic mass is 16.2. The van der Waals surface area contributed by atoms with Crippen LogP contribution in [0, 0.1) is 17.3 Å². The third-order valence-corrected chi connectivity index (χ3v) is 4.70. The van der Waals surface area contributed by atoms with E-state index in [1.54, 1.807) is 0 Å². The maximum Gasteiger partial charge on any atom is 0.230 e. The Bertz CT molecular complexity index is 297. The molecule has 1 aliphatic heterocycles. The largest absolute Gasteiger partial charge is 0.339 e. The molecule has 0 aromatic carbocycles. The van der Waals surface area contributed by atoms with Crippen LogP contribution in [0.3, 0.4) is 0 Å². The predicted octanol–water partition coefficient (Wildman–Crippen LogP) is 2.01. The van der Waals surface area contributed by atoms with E-state index in [2.05, 4.69) is 25.7 Å². The van der Waals surface area contributed by atoms with E-state index in [1.165, 1.54) is 6.42 Å². The number of hydrogen-bond acceptors (Lipinski definition) is 2. The Morgan fingerprint density at radius 1 is 1.24 bits per heavy atom. The van der Waals surface area contributed by atoms with Crippen molar-refractivity contribution in [2.24, 2.45) is 23.0 Å². The second kappa shape index (κ2) is 4.60. The zero-order valence-corrected chi connectivity index (χ0v) is 11.4. The van der Waals surface area contributed by atoms with Gasteiger partial charge in [-0.15, -0.1) is 0 Å². The van der Waals surface area contributed by atoms with Crippen LogP contribution in [0.25, 0.3) is 0 Å². The summed E-state index contributed by atoms with van der Waals surface area (Å²) in [6.45, 7) is 8.08. The minimum absolute atomic E-state index is 0.218. The lowest BCUT2D eigenvalue weighted by atomic mass is 9.61. The first-order valence-corrected chi connectivity index (χ1v) is 6.99. The molecule has 0 aromatic heterocycles. The lowest BCUT2D eigenvalue weighted by Crippen LogP contribution is -2.58. The van der Waals surface area contributed by atoms with Crippen LogP contribution in [0.1, 0.15) is 46.5 Å². The van der Waals surface area contributed by atoms with Gasteiger partial charge in [0.05, 0.1) is 5.41 Å². The molecule has 1 heterocycles. The van der Waals surface area contributed by atoms with Crippen LogP contribution in [0.5, 0.6) is 0 Å². The number of nitrogens with two attached hydrogens (primary N) is 1. The Balaban J connectivity index is 2.07. The number of rotatable bonds is 2. The van der Waals surface area contributed by atoms with E-state index in [0.717, 1.165) is 25.8 Å². The van der Waals surface area contributed by atoms with Crippen LogP contribution < -0.4 is 5.73 Å². The molecule has 0 spiro atoms. The van der Waals surface area contributed by atoms with Crippen molar-refractivity contribution in [2.75, 3.05) is 13.1 Å². The average Bonchev–Trinajstić information content (AvgIpc) is 2.27. The zero-order chi connectivity index (χ0) is 12.6.